The van der Waals surface area contributed by atoms with E-state index in [2.05, 4.69) is 10.4 Å². The van der Waals surface area contributed by atoms with Crippen LogP contribution in [-0.4, -0.2) is 25.2 Å². The molecule has 0 radical (unpaired) electrons. The molecule has 146 valence electrons. The van der Waals surface area contributed by atoms with Crippen LogP contribution in [0.4, 0.5) is 10.2 Å². The van der Waals surface area contributed by atoms with Crippen molar-refractivity contribution in [1.29, 1.82) is 0 Å². The van der Waals surface area contributed by atoms with Gasteiger partial charge in [0.05, 0.1) is 16.7 Å². The van der Waals surface area contributed by atoms with Crippen molar-refractivity contribution in [3.8, 4) is 5.95 Å². The maximum atomic E-state index is 13.5. The number of benzene rings is 2. The monoisotopic (exact) mass is 409 g/mol. The Labute approximate surface area is 170 Å². The predicted molar refractivity (Wildman–Crippen MR) is 109 cm³/mol. The summed E-state index contributed by atoms with van der Waals surface area (Å²) in [6.07, 6.45) is 0.216. The second-order valence-corrected chi connectivity index (χ2v) is 7.60. The van der Waals surface area contributed by atoms with Gasteiger partial charge in [-0.2, -0.15) is 9.78 Å². The van der Waals surface area contributed by atoms with E-state index in [1.807, 2.05) is 42.8 Å². The highest BCUT2D eigenvalue weighted by Crippen LogP contribution is 2.42. The second kappa shape index (κ2) is 6.42. The summed E-state index contributed by atoms with van der Waals surface area (Å²) in [6, 6.07) is 12.1. The Morgan fingerprint density at radius 3 is 2.79 bits per heavy atom. The number of amides is 1. The standard InChI is InChI=1S/C21H17ClFN5O/c1-11-19-14(13-8-7-12(23)9-15(13)22)10-18(29)25-20(19)28(26-11)21-24-16-5-3-4-6-17(16)27(21)2/h3-9,14H,10H2,1-2H3,(H,25,29)/t14-/m1/s1. The van der Waals surface area contributed by atoms with E-state index in [0.29, 0.717) is 22.4 Å². The normalized spacial score (nSPS) is 16.1. The fourth-order valence-electron chi connectivity index (χ4n) is 4.06. The van der Waals surface area contributed by atoms with Gasteiger partial charge in [-0.05, 0) is 36.8 Å². The fraction of sp³-hybridized carbons (Fsp3) is 0.190. The van der Waals surface area contributed by atoms with Gasteiger partial charge >= 0.3 is 0 Å². The van der Waals surface area contributed by atoms with Crippen LogP contribution in [0.2, 0.25) is 5.02 Å². The minimum absolute atomic E-state index is 0.150. The van der Waals surface area contributed by atoms with E-state index in [0.717, 1.165) is 22.3 Å². The Morgan fingerprint density at radius 1 is 1.24 bits per heavy atom. The Morgan fingerprint density at radius 2 is 2.03 bits per heavy atom. The number of rotatable bonds is 2. The third kappa shape index (κ3) is 2.73. The van der Waals surface area contributed by atoms with Gasteiger partial charge in [-0.25, -0.2) is 9.37 Å². The Kier molecular flexibility index (Phi) is 3.96. The van der Waals surface area contributed by atoms with Crippen LogP contribution in [0.5, 0.6) is 0 Å². The molecule has 1 amide bonds. The van der Waals surface area contributed by atoms with Crippen molar-refractivity contribution in [2.24, 2.45) is 7.05 Å². The fourth-order valence-corrected chi connectivity index (χ4v) is 4.36. The van der Waals surface area contributed by atoms with Crippen molar-refractivity contribution < 1.29 is 9.18 Å². The molecular formula is C21H17ClFN5O. The number of para-hydroxylation sites is 2. The maximum Gasteiger partial charge on any atom is 0.233 e. The lowest BCUT2D eigenvalue weighted by molar-refractivity contribution is -0.116. The lowest BCUT2D eigenvalue weighted by Gasteiger charge is -2.25. The zero-order valence-corrected chi connectivity index (χ0v) is 16.5. The van der Waals surface area contributed by atoms with Gasteiger partial charge in [-0.3, -0.25) is 4.79 Å². The maximum absolute atomic E-state index is 13.5. The summed E-state index contributed by atoms with van der Waals surface area (Å²) in [5, 5.41) is 7.92. The molecule has 29 heavy (non-hydrogen) atoms. The van der Waals surface area contributed by atoms with E-state index < -0.39 is 5.82 Å². The van der Waals surface area contributed by atoms with E-state index in [4.69, 9.17) is 16.6 Å². The zero-order valence-electron chi connectivity index (χ0n) is 15.8. The Bertz CT molecular complexity index is 1290. The van der Waals surface area contributed by atoms with Crippen molar-refractivity contribution in [3.63, 3.8) is 0 Å². The number of carbonyl (C=O) groups excluding carboxylic acids is 1. The van der Waals surface area contributed by atoms with E-state index in [1.54, 1.807) is 10.7 Å². The third-order valence-corrected chi connectivity index (χ3v) is 5.72. The number of fused-ring (bicyclic) bond motifs is 2. The van der Waals surface area contributed by atoms with Gasteiger partial charge in [0, 0.05) is 30.0 Å². The zero-order chi connectivity index (χ0) is 20.3. The SMILES string of the molecule is Cc1nn(-c2nc3ccccc3n2C)c2c1[C@@H](c1ccc(F)cc1Cl)CC(=O)N2. The molecule has 2 aromatic carbocycles. The first kappa shape index (κ1) is 17.9. The summed E-state index contributed by atoms with van der Waals surface area (Å²) < 4.78 is 17.1. The molecule has 0 spiro atoms. The number of anilines is 1. The summed E-state index contributed by atoms with van der Waals surface area (Å²) in [6.45, 7) is 1.89. The summed E-state index contributed by atoms with van der Waals surface area (Å²) in [5.41, 5.74) is 4.14. The quantitative estimate of drug-likeness (QED) is 0.535. The van der Waals surface area contributed by atoms with Gasteiger partial charge < -0.3 is 9.88 Å². The molecule has 1 atom stereocenters. The highest BCUT2D eigenvalue weighted by atomic mass is 35.5. The highest BCUT2D eigenvalue weighted by molar-refractivity contribution is 6.31. The molecule has 0 unspecified atom stereocenters. The van der Waals surface area contributed by atoms with Crippen molar-refractivity contribution in [3.05, 3.63) is 70.1 Å². The van der Waals surface area contributed by atoms with E-state index >= 15 is 0 Å². The van der Waals surface area contributed by atoms with Gasteiger partial charge in [0.1, 0.15) is 11.6 Å². The molecule has 2 aromatic heterocycles. The van der Waals surface area contributed by atoms with Crippen LogP contribution < -0.4 is 5.32 Å². The number of halogens is 2. The van der Waals surface area contributed by atoms with Crippen LogP contribution in [0.3, 0.4) is 0 Å². The van der Waals surface area contributed by atoms with Crippen LogP contribution in [0.25, 0.3) is 17.0 Å². The minimum Gasteiger partial charge on any atom is -0.311 e. The molecule has 0 saturated carbocycles. The predicted octanol–water partition coefficient (Wildman–Crippen LogP) is 4.33. The Hall–Kier alpha value is -3.19. The van der Waals surface area contributed by atoms with Crippen molar-refractivity contribution in [2.45, 2.75) is 19.3 Å². The summed E-state index contributed by atoms with van der Waals surface area (Å²) in [5.74, 6) is 0.300. The molecular weight excluding hydrogens is 393 g/mol. The minimum atomic E-state index is -0.411. The molecule has 0 fully saturated rings. The number of hydrogen-bond donors (Lipinski definition) is 1. The van der Waals surface area contributed by atoms with Crippen molar-refractivity contribution in [1.82, 2.24) is 19.3 Å². The second-order valence-electron chi connectivity index (χ2n) is 7.19. The largest absolute Gasteiger partial charge is 0.311 e. The average molecular weight is 410 g/mol. The highest BCUT2D eigenvalue weighted by Gasteiger charge is 2.34. The number of aromatic nitrogens is 4. The third-order valence-electron chi connectivity index (χ3n) is 5.39. The number of nitrogens with zero attached hydrogens (tertiary/aromatic N) is 4. The first-order chi connectivity index (χ1) is 13.9. The van der Waals surface area contributed by atoms with Crippen molar-refractivity contribution in [2.75, 3.05) is 5.32 Å². The topological polar surface area (TPSA) is 64.7 Å². The first-order valence-corrected chi connectivity index (χ1v) is 9.58. The summed E-state index contributed by atoms with van der Waals surface area (Å²) in [7, 11) is 1.91. The number of hydrogen-bond acceptors (Lipinski definition) is 3. The molecule has 5 rings (SSSR count). The number of aryl methyl sites for hydroxylation is 2. The molecule has 0 saturated heterocycles. The van der Waals surface area contributed by atoms with Gasteiger partial charge in [0.25, 0.3) is 0 Å². The molecule has 1 aliphatic heterocycles. The van der Waals surface area contributed by atoms with Crippen LogP contribution >= 0.6 is 11.6 Å². The molecule has 0 bridgehead atoms. The van der Waals surface area contributed by atoms with E-state index in [1.165, 1.54) is 12.1 Å². The van der Waals surface area contributed by atoms with Crippen molar-refractivity contribution >= 4 is 34.4 Å². The van der Waals surface area contributed by atoms with Crippen LogP contribution in [0.15, 0.2) is 42.5 Å². The van der Waals surface area contributed by atoms with Gasteiger partial charge in [0.15, 0.2) is 0 Å². The molecule has 3 heterocycles. The van der Waals surface area contributed by atoms with Crippen LogP contribution in [0.1, 0.15) is 29.2 Å². The van der Waals surface area contributed by atoms with E-state index in [-0.39, 0.29) is 18.2 Å². The van der Waals surface area contributed by atoms with Crippen LogP contribution in [-0.2, 0) is 11.8 Å². The van der Waals surface area contributed by atoms with Crippen LogP contribution in [0, 0.1) is 12.7 Å². The lowest BCUT2D eigenvalue weighted by Crippen LogP contribution is -2.25. The number of carbonyl (C=O) groups is 1. The smallest absolute Gasteiger partial charge is 0.233 e. The van der Waals surface area contributed by atoms with Gasteiger partial charge in [-0.1, -0.05) is 29.8 Å². The Balaban J connectivity index is 1.72. The molecule has 1 aliphatic rings. The number of nitrogens with one attached hydrogen (secondary N) is 1. The van der Waals surface area contributed by atoms with E-state index in [9.17, 15) is 9.18 Å². The van der Waals surface area contributed by atoms with Gasteiger partial charge in [-0.15, -0.1) is 0 Å². The number of imidazole rings is 1. The first-order valence-electron chi connectivity index (χ1n) is 9.20. The summed E-state index contributed by atoms with van der Waals surface area (Å²) >= 11 is 6.32. The van der Waals surface area contributed by atoms with Gasteiger partial charge in [0.2, 0.25) is 11.9 Å². The lowest BCUT2D eigenvalue weighted by atomic mass is 9.86. The molecule has 8 heteroatoms. The summed E-state index contributed by atoms with van der Waals surface area (Å²) in [4.78, 5) is 17.2. The molecule has 6 nitrogen and oxygen atoms in total. The molecule has 0 aliphatic carbocycles. The average Bonchev–Trinajstić information content (AvgIpc) is 3.19. The molecule has 1 N–H and O–H groups in total. The molecule has 4 aromatic rings.